The molecule has 1 N–H and O–H groups in total. The van der Waals surface area contributed by atoms with Gasteiger partial charge in [0, 0.05) is 76.5 Å². The van der Waals surface area contributed by atoms with Crippen LogP contribution in [0.15, 0.2) is 12.1 Å². The van der Waals surface area contributed by atoms with Gasteiger partial charge in [0.05, 0.1) is 12.1 Å². The van der Waals surface area contributed by atoms with Crippen LogP contribution in [0.1, 0.15) is 30.7 Å². The Bertz CT molecular complexity index is 673. The summed E-state index contributed by atoms with van der Waals surface area (Å²) in [5, 5.41) is 10.2. The number of aryl methyl sites for hydroxylation is 2. The first-order valence-corrected chi connectivity index (χ1v) is 11.2. The van der Waals surface area contributed by atoms with Gasteiger partial charge in [-0.15, -0.1) is 0 Å². The highest BCUT2D eigenvalue weighted by Gasteiger charge is 2.42. The molecule has 162 valence electrons. The van der Waals surface area contributed by atoms with Crippen molar-refractivity contribution in [2.45, 2.75) is 57.8 Å². The molecular formula is C22H36N4O3. The Hall–Kier alpha value is -1.41. The van der Waals surface area contributed by atoms with E-state index in [1.54, 1.807) is 0 Å². The van der Waals surface area contributed by atoms with Gasteiger partial charge in [-0.2, -0.15) is 0 Å². The van der Waals surface area contributed by atoms with Gasteiger partial charge in [-0.1, -0.05) is 0 Å². The van der Waals surface area contributed by atoms with Gasteiger partial charge >= 0.3 is 0 Å². The van der Waals surface area contributed by atoms with Crippen molar-refractivity contribution in [3.8, 4) is 0 Å². The summed E-state index contributed by atoms with van der Waals surface area (Å²) >= 11 is 0. The highest BCUT2D eigenvalue weighted by molar-refractivity contribution is 5.82. The molecule has 1 aromatic rings. The molecule has 4 rings (SSSR count). The molecule has 7 nitrogen and oxygen atoms in total. The monoisotopic (exact) mass is 404 g/mol. The first-order valence-electron chi connectivity index (χ1n) is 11.2. The van der Waals surface area contributed by atoms with Crippen LogP contribution in [0.3, 0.4) is 0 Å². The van der Waals surface area contributed by atoms with Crippen molar-refractivity contribution in [2.75, 3.05) is 52.5 Å². The number of aliphatic hydroxyl groups excluding tert-OH is 1. The average Bonchev–Trinajstić information content (AvgIpc) is 3.29. The van der Waals surface area contributed by atoms with E-state index < -0.39 is 0 Å². The van der Waals surface area contributed by atoms with Gasteiger partial charge in [0.1, 0.15) is 0 Å². The predicted molar refractivity (Wildman–Crippen MR) is 112 cm³/mol. The molecule has 3 fully saturated rings. The van der Waals surface area contributed by atoms with E-state index >= 15 is 0 Å². The Labute approximate surface area is 174 Å². The van der Waals surface area contributed by atoms with E-state index in [4.69, 9.17) is 4.74 Å². The van der Waals surface area contributed by atoms with Crippen molar-refractivity contribution in [1.29, 1.82) is 0 Å². The standard InChI is InChI=1S/C22H36N4O3/c1-17-3-4-18(2)25(17)12-9-23-7-10-24(11-8-23)22(28)21-15-20(27)16-26(21)19-5-13-29-14-6-19/h3-4,19-21,27H,5-16H2,1-2H3/t20-,21+/m1/s1. The fourth-order valence-electron chi connectivity index (χ4n) is 5.20. The van der Waals surface area contributed by atoms with Crippen molar-refractivity contribution in [1.82, 2.24) is 19.3 Å². The molecule has 0 radical (unpaired) electrons. The van der Waals surface area contributed by atoms with Crippen molar-refractivity contribution >= 4 is 5.91 Å². The molecule has 0 aromatic carbocycles. The Kier molecular flexibility index (Phi) is 6.59. The van der Waals surface area contributed by atoms with Crippen LogP contribution in [0.2, 0.25) is 0 Å². The zero-order valence-corrected chi connectivity index (χ0v) is 17.9. The fraction of sp³-hybridized carbons (Fsp3) is 0.773. The molecule has 1 aromatic heterocycles. The van der Waals surface area contributed by atoms with Crippen LogP contribution >= 0.6 is 0 Å². The van der Waals surface area contributed by atoms with E-state index in [9.17, 15) is 9.90 Å². The van der Waals surface area contributed by atoms with Crippen LogP contribution in [0, 0.1) is 13.8 Å². The van der Waals surface area contributed by atoms with Crippen LogP contribution < -0.4 is 0 Å². The summed E-state index contributed by atoms with van der Waals surface area (Å²) in [7, 11) is 0. The van der Waals surface area contributed by atoms with Crippen LogP contribution in [-0.4, -0.2) is 101 Å². The Balaban J connectivity index is 1.29. The fourth-order valence-corrected chi connectivity index (χ4v) is 5.20. The van der Waals surface area contributed by atoms with E-state index in [0.717, 1.165) is 65.3 Å². The first kappa shape index (κ1) is 20.8. The summed E-state index contributed by atoms with van der Waals surface area (Å²) in [4.78, 5) is 20.0. The lowest BCUT2D eigenvalue weighted by Crippen LogP contribution is -2.55. The summed E-state index contributed by atoms with van der Waals surface area (Å²) in [6.45, 7) is 11.9. The number of hydrogen-bond acceptors (Lipinski definition) is 5. The lowest BCUT2D eigenvalue weighted by atomic mass is 10.0. The highest BCUT2D eigenvalue weighted by Crippen LogP contribution is 2.27. The van der Waals surface area contributed by atoms with Crippen LogP contribution in [0.25, 0.3) is 0 Å². The Morgan fingerprint density at radius 3 is 2.38 bits per heavy atom. The van der Waals surface area contributed by atoms with Crippen molar-refractivity contribution in [3.05, 3.63) is 23.5 Å². The molecule has 3 saturated heterocycles. The molecule has 29 heavy (non-hydrogen) atoms. The summed E-state index contributed by atoms with van der Waals surface area (Å²) < 4.78 is 7.85. The number of β-amino-alcohol motifs (C(OH)–C–C–N with tert-alkyl or cyclic N) is 1. The molecular weight excluding hydrogens is 368 g/mol. The number of aliphatic hydroxyl groups is 1. The second kappa shape index (κ2) is 9.16. The molecule has 0 aliphatic carbocycles. The second-order valence-corrected chi connectivity index (χ2v) is 8.88. The molecule has 1 amide bonds. The number of nitrogens with zero attached hydrogens (tertiary/aromatic N) is 4. The van der Waals surface area contributed by atoms with Gasteiger partial charge in [-0.25, -0.2) is 0 Å². The minimum atomic E-state index is -0.388. The number of piperazine rings is 1. The van der Waals surface area contributed by atoms with E-state index in [-0.39, 0.29) is 18.1 Å². The summed E-state index contributed by atoms with van der Waals surface area (Å²) in [6.07, 6.45) is 2.11. The largest absolute Gasteiger partial charge is 0.392 e. The first-order chi connectivity index (χ1) is 14.0. The quantitative estimate of drug-likeness (QED) is 0.789. The lowest BCUT2D eigenvalue weighted by molar-refractivity contribution is -0.139. The van der Waals surface area contributed by atoms with Gasteiger partial charge < -0.3 is 19.3 Å². The van der Waals surface area contributed by atoms with Crippen molar-refractivity contribution in [3.63, 3.8) is 0 Å². The van der Waals surface area contributed by atoms with E-state index in [0.29, 0.717) is 19.0 Å². The third-order valence-corrected chi connectivity index (χ3v) is 7.00. The molecule has 2 atom stereocenters. The maximum absolute atomic E-state index is 13.3. The second-order valence-electron chi connectivity index (χ2n) is 8.88. The Morgan fingerprint density at radius 2 is 1.72 bits per heavy atom. The molecule has 4 heterocycles. The number of amides is 1. The number of carbonyl (C=O) groups excluding carboxylic acids is 1. The van der Waals surface area contributed by atoms with Gasteiger partial charge in [-0.3, -0.25) is 14.6 Å². The van der Waals surface area contributed by atoms with Gasteiger partial charge in [0.15, 0.2) is 0 Å². The number of carbonyl (C=O) groups is 1. The molecule has 0 spiro atoms. The number of rotatable bonds is 5. The number of likely N-dealkylation sites (tertiary alicyclic amines) is 1. The van der Waals surface area contributed by atoms with Crippen LogP contribution in [0.4, 0.5) is 0 Å². The molecule has 3 aliphatic rings. The third-order valence-electron chi connectivity index (χ3n) is 7.00. The zero-order chi connectivity index (χ0) is 20.4. The SMILES string of the molecule is Cc1ccc(C)n1CCN1CCN(C(=O)[C@@H]2C[C@@H](O)CN2C2CCOCC2)CC1. The average molecular weight is 405 g/mol. The maximum Gasteiger partial charge on any atom is 0.240 e. The van der Waals surface area contributed by atoms with Crippen LogP contribution in [0.5, 0.6) is 0 Å². The summed E-state index contributed by atoms with van der Waals surface area (Å²) in [5.74, 6) is 0.213. The third kappa shape index (κ3) is 4.68. The normalized spacial score (nSPS) is 27.6. The van der Waals surface area contributed by atoms with Gasteiger partial charge in [0.2, 0.25) is 5.91 Å². The number of aromatic nitrogens is 1. The summed E-state index contributed by atoms with van der Waals surface area (Å²) in [6, 6.07) is 4.55. The maximum atomic E-state index is 13.3. The number of hydrogen-bond donors (Lipinski definition) is 1. The molecule has 0 saturated carbocycles. The highest BCUT2D eigenvalue weighted by atomic mass is 16.5. The molecule has 0 unspecified atom stereocenters. The zero-order valence-electron chi connectivity index (χ0n) is 17.9. The predicted octanol–water partition coefficient (Wildman–Crippen LogP) is 0.863. The molecule has 3 aliphatic heterocycles. The van der Waals surface area contributed by atoms with E-state index in [2.05, 4.69) is 40.3 Å². The van der Waals surface area contributed by atoms with Crippen LogP contribution in [-0.2, 0) is 16.1 Å². The van der Waals surface area contributed by atoms with Crippen molar-refractivity contribution < 1.29 is 14.6 Å². The summed E-state index contributed by atoms with van der Waals surface area (Å²) in [5.41, 5.74) is 2.62. The van der Waals surface area contributed by atoms with Crippen molar-refractivity contribution in [2.24, 2.45) is 0 Å². The molecule has 0 bridgehead atoms. The smallest absolute Gasteiger partial charge is 0.240 e. The minimum Gasteiger partial charge on any atom is -0.392 e. The van der Waals surface area contributed by atoms with E-state index in [1.807, 2.05) is 4.90 Å². The lowest BCUT2D eigenvalue weighted by Gasteiger charge is -2.39. The topological polar surface area (TPSA) is 61.2 Å². The number of ether oxygens (including phenoxy) is 1. The minimum absolute atomic E-state index is 0.162. The van der Waals surface area contributed by atoms with E-state index in [1.165, 1.54) is 11.4 Å². The van der Waals surface area contributed by atoms with Gasteiger partial charge in [-0.05, 0) is 45.2 Å². The Morgan fingerprint density at radius 1 is 1.07 bits per heavy atom. The van der Waals surface area contributed by atoms with Gasteiger partial charge in [0.25, 0.3) is 0 Å². The molecule has 7 heteroatoms.